The summed E-state index contributed by atoms with van der Waals surface area (Å²) in [5.41, 5.74) is 4.45. The molecule has 2 aromatic rings. The highest BCUT2D eigenvalue weighted by molar-refractivity contribution is 5.78. The van der Waals surface area contributed by atoms with E-state index in [0.717, 1.165) is 36.3 Å². The number of halogens is 1. The highest BCUT2D eigenvalue weighted by atomic mass is 19.1. The molecule has 0 unspecified atom stereocenters. The molecule has 2 aliphatic rings. The van der Waals surface area contributed by atoms with Crippen molar-refractivity contribution in [3.63, 3.8) is 0 Å². The van der Waals surface area contributed by atoms with Crippen LogP contribution in [0.5, 0.6) is 11.5 Å². The molecule has 0 N–H and O–H groups in total. The summed E-state index contributed by atoms with van der Waals surface area (Å²) in [5, 5.41) is 0. The van der Waals surface area contributed by atoms with Crippen molar-refractivity contribution in [1.29, 1.82) is 0 Å². The van der Waals surface area contributed by atoms with Crippen molar-refractivity contribution in [3.8, 4) is 11.5 Å². The van der Waals surface area contributed by atoms with Crippen LogP contribution < -0.4 is 9.47 Å². The van der Waals surface area contributed by atoms with Crippen molar-refractivity contribution < 1.29 is 18.7 Å². The average molecular weight is 355 g/mol. The van der Waals surface area contributed by atoms with Crippen molar-refractivity contribution in [1.82, 2.24) is 4.90 Å². The van der Waals surface area contributed by atoms with Crippen molar-refractivity contribution in [2.75, 3.05) is 26.8 Å². The van der Waals surface area contributed by atoms with Gasteiger partial charge in [0.1, 0.15) is 17.3 Å². The molecule has 26 heavy (non-hydrogen) atoms. The Balaban J connectivity index is 1.44. The highest BCUT2D eigenvalue weighted by Crippen LogP contribution is 2.40. The molecule has 2 heterocycles. The van der Waals surface area contributed by atoms with Gasteiger partial charge in [-0.25, -0.2) is 4.39 Å². The molecule has 1 amide bonds. The molecule has 0 bridgehead atoms. The summed E-state index contributed by atoms with van der Waals surface area (Å²) >= 11 is 0. The first kappa shape index (κ1) is 16.9. The largest absolute Gasteiger partial charge is 0.493 e. The zero-order valence-electron chi connectivity index (χ0n) is 14.9. The minimum absolute atomic E-state index is 0.0259. The lowest BCUT2D eigenvalue weighted by Gasteiger charge is -2.19. The Bertz CT molecular complexity index is 800. The first-order valence-corrected chi connectivity index (χ1v) is 9.03. The topological polar surface area (TPSA) is 38.8 Å². The number of ether oxygens (including phenoxy) is 2. The minimum Gasteiger partial charge on any atom is -0.493 e. The zero-order valence-corrected chi connectivity index (χ0v) is 14.9. The van der Waals surface area contributed by atoms with Gasteiger partial charge in [0.15, 0.2) is 0 Å². The van der Waals surface area contributed by atoms with E-state index in [-0.39, 0.29) is 18.1 Å². The van der Waals surface area contributed by atoms with Crippen LogP contribution >= 0.6 is 0 Å². The molecule has 0 aliphatic carbocycles. The number of benzene rings is 2. The molecule has 0 fully saturated rings. The molecule has 0 aromatic heterocycles. The van der Waals surface area contributed by atoms with E-state index in [2.05, 4.69) is 6.07 Å². The Labute approximate surface area is 152 Å². The number of hydrogen-bond donors (Lipinski definition) is 0. The maximum absolute atomic E-state index is 13.0. The SMILES string of the molecule is CN(CCc1c2c(cc3c1OCC3)OCC2)C(=O)Cc1ccc(F)cc1. The number of hydrogen-bond acceptors (Lipinski definition) is 3. The molecule has 0 radical (unpaired) electrons. The van der Waals surface area contributed by atoms with Crippen LogP contribution in [0.2, 0.25) is 0 Å². The normalized spacial score (nSPS) is 14.4. The quantitative estimate of drug-likeness (QED) is 0.828. The summed E-state index contributed by atoms with van der Waals surface area (Å²) in [6, 6.07) is 8.19. The Morgan fingerprint density at radius 2 is 1.92 bits per heavy atom. The van der Waals surface area contributed by atoms with Crippen molar-refractivity contribution in [2.45, 2.75) is 25.7 Å². The molecule has 2 aliphatic heterocycles. The molecule has 0 atom stereocenters. The van der Waals surface area contributed by atoms with Gasteiger partial charge in [0.25, 0.3) is 0 Å². The summed E-state index contributed by atoms with van der Waals surface area (Å²) in [6.07, 6.45) is 2.84. The summed E-state index contributed by atoms with van der Waals surface area (Å²) < 4.78 is 24.6. The van der Waals surface area contributed by atoms with Crippen LogP contribution in [-0.2, 0) is 30.5 Å². The van der Waals surface area contributed by atoms with E-state index >= 15 is 0 Å². The summed E-state index contributed by atoms with van der Waals surface area (Å²) in [5.74, 6) is 1.71. The van der Waals surface area contributed by atoms with Gasteiger partial charge in [0.05, 0.1) is 19.6 Å². The average Bonchev–Trinajstić information content (AvgIpc) is 3.29. The number of carbonyl (C=O) groups is 1. The molecule has 4 rings (SSSR count). The van der Waals surface area contributed by atoms with E-state index in [1.54, 1.807) is 17.0 Å². The summed E-state index contributed by atoms with van der Waals surface area (Å²) in [7, 11) is 1.81. The lowest BCUT2D eigenvalue weighted by Crippen LogP contribution is -2.30. The van der Waals surface area contributed by atoms with Crippen molar-refractivity contribution >= 4 is 5.91 Å². The lowest BCUT2D eigenvalue weighted by molar-refractivity contribution is -0.129. The van der Waals surface area contributed by atoms with E-state index in [4.69, 9.17) is 9.47 Å². The second-order valence-electron chi connectivity index (χ2n) is 6.89. The van der Waals surface area contributed by atoms with Crippen LogP contribution in [-0.4, -0.2) is 37.6 Å². The number of carbonyl (C=O) groups excluding carboxylic acids is 1. The van der Waals surface area contributed by atoms with Crippen LogP contribution in [0, 0.1) is 5.82 Å². The van der Waals surface area contributed by atoms with Gasteiger partial charge >= 0.3 is 0 Å². The minimum atomic E-state index is -0.288. The van der Waals surface area contributed by atoms with E-state index in [1.165, 1.54) is 28.8 Å². The molecule has 5 heteroatoms. The molecule has 2 aromatic carbocycles. The smallest absolute Gasteiger partial charge is 0.226 e. The Hall–Kier alpha value is -2.56. The molecule has 4 nitrogen and oxygen atoms in total. The van der Waals surface area contributed by atoms with Crippen LogP contribution in [0.4, 0.5) is 4.39 Å². The van der Waals surface area contributed by atoms with E-state index in [0.29, 0.717) is 19.8 Å². The molecular weight excluding hydrogens is 333 g/mol. The van der Waals surface area contributed by atoms with Crippen LogP contribution in [0.25, 0.3) is 0 Å². The molecule has 0 spiro atoms. The molecule has 0 saturated carbocycles. The number of fused-ring (bicyclic) bond motifs is 2. The molecular formula is C21H22FNO3. The van der Waals surface area contributed by atoms with E-state index in [9.17, 15) is 9.18 Å². The van der Waals surface area contributed by atoms with E-state index in [1.807, 2.05) is 7.05 Å². The van der Waals surface area contributed by atoms with E-state index < -0.39 is 0 Å². The van der Waals surface area contributed by atoms with Gasteiger partial charge in [0.2, 0.25) is 5.91 Å². The number of nitrogens with zero attached hydrogens (tertiary/aromatic N) is 1. The second kappa shape index (κ2) is 6.98. The van der Waals surface area contributed by atoms with Crippen LogP contribution in [0.15, 0.2) is 30.3 Å². The number of likely N-dealkylation sites (N-methyl/N-ethyl adjacent to an activating group) is 1. The third-order valence-corrected chi connectivity index (χ3v) is 5.15. The van der Waals surface area contributed by atoms with Crippen molar-refractivity contribution in [3.05, 3.63) is 58.4 Å². The fourth-order valence-electron chi connectivity index (χ4n) is 3.67. The third kappa shape index (κ3) is 3.26. The Morgan fingerprint density at radius 1 is 1.15 bits per heavy atom. The standard InChI is InChI=1S/C21H22FNO3/c1-23(20(24)12-14-2-4-16(22)5-3-14)9-6-18-17-8-11-25-19(17)13-15-7-10-26-21(15)18/h2-5,13H,6-12H2,1H3. The third-order valence-electron chi connectivity index (χ3n) is 5.15. The van der Waals surface area contributed by atoms with Gasteiger partial charge in [-0.05, 0) is 30.2 Å². The maximum Gasteiger partial charge on any atom is 0.226 e. The zero-order chi connectivity index (χ0) is 18.1. The predicted octanol–water partition coefficient (Wildman–Crippen LogP) is 2.94. The van der Waals surface area contributed by atoms with Gasteiger partial charge in [-0.15, -0.1) is 0 Å². The second-order valence-corrected chi connectivity index (χ2v) is 6.89. The monoisotopic (exact) mass is 355 g/mol. The Morgan fingerprint density at radius 3 is 2.73 bits per heavy atom. The van der Waals surface area contributed by atoms with Gasteiger partial charge in [-0.1, -0.05) is 12.1 Å². The highest BCUT2D eigenvalue weighted by Gasteiger charge is 2.26. The maximum atomic E-state index is 13.0. The Kier molecular flexibility index (Phi) is 4.53. The summed E-state index contributed by atoms with van der Waals surface area (Å²) in [4.78, 5) is 14.2. The van der Waals surface area contributed by atoms with Gasteiger partial charge in [-0.3, -0.25) is 4.79 Å². The number of rotatable bonds is 5. The fraction of sp³-hybridized carbons (Fsp3) is 0.381. The molecule has 0 saturated heterocycles. The first-order valence-electron chi connectivity index (χ1n) is 9.03. The summed E-state index contributed by atoms with van der Waals surface area (Å²) in [6.45, 7) is 2.04. The predicted molar refractivity (Wildman–Crippen MR) is 96.3 cm³/mol. The lowest BCUT2D eigenvalue weighted by atomic mass is 9.97. The van der Waals surface area contributed by atoms with Crippen LogP contribution in [0.3, 0.4) is 0 Å². The van der Waals surface area contributed by atoms with Gasteiger partial charge < -0.3 is 14.4 Å². The first-order chi connectivity index (χ1) is 12.6. The number of amides is 1. The van der Waals surface area contributed by atoms with Gasteiger partial charge in [-0.2, -0.15) is 0 Å². The van der Waals surface area contributed by atoms with Crippen molar-refractivity contribution in [2.24, 2.45) is 0 Å². The van der Waals surface area contributed by atoms with Gasteiger partial charge in [0, 0.05) is 43.1 Å². The van der Waals surface area contributed by atoms with Crippen LogP contribution in [0.1, 0.15) is 22.3 Å². The fourth-order valence-corrected chi connectivity index (χ4v) is 3.67. The molecule has 136 valence electrons.